The first-order valence-electron chi connectivity index (χ1n) is 10.8. The summed E-state index contributed by atoms with van der Waals surface area (Å²) < 4.78 is 18.6. The van der Waals surface area contributed by atoms with Crippen molar-refractivity contribution in [3.63, 3.8) is 0 Å². The fourth-order valence-electron chi connectivity index (χ4n) is 4.55. The molecule has 164 valence electrons. The monoisotopic (exact) mass is 433 g/mol. The molecular formula is C25H24FN3O3. The number of hydrogen-bond donors (Lipinski definition) is 0. The van der Waals surface area contributed by atoms with Crippen LogP contribution < -0.4 is 4.90 Å². The average molecular weight is 433 g/mol. The van der Waals surface area contributed by atoms with Crippen molar-refractivity contribution in [1.29, 1.82) is 0 Å². The highest BCUT2D eigenvalue weighted by atomic mass is 19.1. The van der Waals surface area contributed by atoms with E-state index in [1.807, 2.05) is 29.2 Å². The maximum Gasteiger partial charge on any atom is 0.290 e. The zero-order chi connectivity index (χ0) is 22.1. The summed E-state index contributed by atoms with van der Waals surface area (Å²) in [6.07, 6.45) is 1.95. The van der Waals surface area contributed by atoms with Gasteiger partial charge in [-0.3, -0.25) is 9.59 Å². The molecule has 0 radical (unpaired) electrons. The molecule has 1 saturated heterocycles. The molecule has 2 aliphatic rings. The Morgan fingerprint density at radius 1 is 0.875 bits per heavy atom. The van der Waals surface area contributed by atoms with Crippen LogP contribution in [0, 0.1) is 5.82 Å². The molecule has 2 aromatic carbocycles. The van der Waals surface area contributed by atoms with Gasteiger partial charge in [0.2, 0.25) is 5.91 Å². The molecule has 2 aliphatic heterocycles. The second-order valence-electron chi connectivity index (χ2n) is 8.19. The van der Waals surface area contributed by atoms with E-state index in [4.69, 9.17) is 4.42 Å². The molecule has 1 aromatic heterocycles. The maximum absolute atomic E-state index is 13.6. The molecule has 1 fully saturated rings. The third kappa shape index (κ3) is 3.86. The minimum atomic E-state index is -0.570. The molecule has 1 unspecified atom stereocenters. The van der Waals surface area contributed by atoms with Crippen LogP contribution in [0.1, 0.15) is 21.7 Å². The van der Waals surface area contributed by atoms with E-state index in [0.29, 0.717) is 39.1 Å². The van der Waals surface area contributed by atoms with Gasteiger partial charge >= 0.3 is 0 Å². The first-order chi connectivity index (χ1) is 15.6. The average Bonchev–Trinajstić information content (AvgIpc) is 3.38. The molecule has 32 heavy (non-hydrogen) atoms. The van der Waals surface area contributed by atoms with Crippen molar-refractivity contribution >= 4 is 17.5 Å². The van der Waals surface area contributed by atoms with Gasteiger partial charge < -0.3 is 19.1 Å². The first-order valence-corrected chi connectivity index (χ1v) is 10.8. The largest absolute Gasteiger partial charge is 0.459 e. The minimum absolute atomic E-state index is 0.0434. The van der Waals surface area contributed by atoms with Crippen LogP contribution in [0.25, 0.3) is 0 Å². The molecule has 0 N–H and O–H groups in total. The van der Waals surface area contributed by atoms with Crippen molar-refractivity contribution in [2.45, 2.75) is 19.0 Å². The molecule has 3 heterocycles. The molecule has 5 rings (SSSR count). The lowest BCUT2D eigenvalue weighted by Crippen LogP contribution is -2.57. The third-order valence-electron chi connectivity index (χ3n) is 6.31. The lowest BCUT2D eigenvalue weighted by molar-refractivity contribution is -0.137. The number of carbonyl (C=O) groups excluding carboxylic acids is 2. The molecule has 1 atom stereocenters. The normalized spacial score (nSPS) is 18.4. The fourth-order valence-corrected chi connectivity index (χ4v) is 4.55. The maximum atomic E-state index is 13.6. The van der Waals surface area contributed by atoms with E-state index < -0.39 is 6.04 Å². The number of nitrogens with zero attached hydrogens (tertiary/aromatic N) is 3. The summed E-state index contributed by atoms with van der Waals surface area (Å²) in [5, 5.41) is 0. The van der Waals surface area contributed by atoms with E-state index in [9.17, 15) is 14.0 Å². The van der Waals surface area contributed by atoms with E-state index >= 15 is 0 Å². The first kappa shape index (κ1) is 20.3. The summed E-state index contributed by atoms with van der Waals surface area (Å²) in [4.78, 5) is 32.3. The quantitative estimate of drug-likeness (QED) is 0.636. The van der Waals surface area contributed by atoms with Gasteiger partial charge in [0, 0.05) is 44.8 Å². The number of halogens is 1. The molecule has 7 heteroatoms. The molecule has 0 spiro atoms. The highest BCUT2D eigenvalue weighted by Crippen LogP contribution is 2.27. The summed E-state index contributed by atoms with van der Waals surface area (Å²) in [5.74, 6) is -0.337. The Morgan fingerprint density at radius 3 is 2.28 bits per heavy atom. The Kier molecular flexibility index (Phi) is 5.39. The summed E-state index contributed by atoms with van der Waals surface area (Å²) in [5.41, 5.74) is 3.09. The van der Waals surface area contributed by atoms with Gasteiger partial charge in [-0.15, -0.1) is 0 Å². The second-order valence-corrected chi connectivity index (χ2v) is 8.19. The smallest absolute Gasteiger partial charge is 0.290 e. The van der Waals surface area contributed by atoms with Crippen LogP contribution in [0.3, 0.4) is 0 Å². The Bertz CT molecular complexity index is 1110. The van der Waals surface area contributed by atoms with Crippen LogP contribution in [0.2, 0.25) is 0 Å². The van der Waals surface area contributed by atoms with Crippen molar-refractivity contribution in [3.8, 4) is 0 Å². The Morgan fingerprint density at radius 2 is 1.59 bits per heavy atom. The number of amides is 2. The molecule has 2 amide bonds. The Balaban J connectivity index is 1.34. The topological polar surface area (TPSA) is 57.0 Å². The third-order valence-corrected chi connectivity index (χ3v) is 6.31. The molecular weight excluding hydrogens is 409 g/mol. The van der Waals surface area contributed by atoms with E-state index in [1.165, 1.54) is 18.4 Å². The predicted molar refractivity (Wildman–Crippen MR) is 118 cm³/mol. The predicted octanol–water partition coefficient (Wildman–Crippen LogP) is 3.33. The van der Waals surface area contributed by atoms with E-state index in [2.05, 4.69) is 4.90 Å². The fraction of sp³-hybridized carbons (Fsp3) is 0.280. The number of anilines is 1. The number of fused-ring (bicyclic) bond motifs is 1. The number of carbonyl (C=O) groups is 2. The number of rotatable bonds is 3. The van der Waals surface area contributed by atoms with Crippen molar-refractivity contribution in [3.05, 3.63) is 89.6 Å². The molecule has 0 bridgehead atoms. The summed E-state index contributed by atoms with van der Waals surface area (Å²) in [6, 6.07) is 17.1. The van der Waals surface area contributed by atoms with Crippen molar-refractivity contribution in [2.24, 2.45) is 0 Å². The van der Waals surface area contributed by atoms with E-state index in [-0.39, 0.29) is 23.4 Å². The lowest BCUT2D eigenvalue weighted by Gasteiger charge is -2.41. The van der Waals surface area contributed by atoms with Gasteiger partial charge in [-0.25, -0.2) is 4.39 Å². The van der Waals surface area contributed by atoms with Gasteiger partial charge in [0.15, 0.2) is 5.76 Å². The van der Waals surface area contributed by atoms with Gasteiger partial charge in [0.25, 0.3) is 5.91 Å². The number of benzene rings is 2. The zero-order valence-corrected chi connectivity index (χ0v) is 17.6. The highest BCUT2D eigenvalue weighted by molar-refractivity contribution is 5.96. The summed E-state index contributed by atoms with van der Waals surface area (Å²) >= 11 is 0. The summed E-state index contributed by atoms with van der Waals surface area (Å²) in [6.45, 7) is 2.80. The molecule has 3 aromatic rings. The van der Waals surface area contributed by atoms with Crippen LogP contribution in [0.5, 0.6) is 0 Å². The molecule has 6 nitrogen and oxygen atoms in total. The lowest BCUT2D eigenvalue weighted by atomic mass is 9.92. The van der Waals surface area contributed by atoms with Crippen LogP contribution in [-0.4, -0.2) is 53.8 Å². The van der Waals surface area contributed by atoms with Crippen molar-refractivity contribution in [2.75, 3.05) is 31.1 Å². The highest BCUT2D eigenvalue weighted by Gasteiger charge is 2.38. The van der Waals surface area contributed by atoms with Crippen LogP contribution >= 0.6 is 0 Å². The number of hydrogen-bond acceptors (Lipinski definition) is 4. The van der Waals surface area contributed by atoms with Crippen LogP contribution in [-0.2, 0) is 17.8 Å². The van der Waals surface area contributed by atoms with Crippen LogP contribution in [0.4, 0.5) is 10.1 Å². The molecule has 0 saturated carbocycles. The van der Waals surface area contributed by atoms with Gasteiger partial charge in [-0.1, -0.05) is 24.3 Å². The SMILES string of the molecule is O=C(C1Cc2ccccc2CN1C(=O)c1ccco1)N1CCN(c2ccc(F)cc2)CC1. The summed E-state index contributed by atoms with van der Waals surface area (Å²) in [7, 11) is 0. The zero-order valence-electron chi connectivity index (χ0n) is 17.6. The van der Waals surface area contributed by atoms with Gasteiger partial charge in [-0.05, 0) is 47.5 Å². The van der Waals surface area contributed by atoms with Gasteiger partial charge in [0.1, 0.15) is 11.9 Å². The van der Waals surface area contributed by atoms with E-state index in [0.717, 1.165) is 16.8 Å². The second kappa shape index (κ2) is 8.49. The standard InChI is InChI=1S/C25H24FN3O3/c26-20-7-9-21(10-8-20)27-11-13-28(14-12-27)24(30)22-16-18-4-1-2-5-19(18)17-29(22)25(31)23-6-3-15-32-23/h1-10,15,22H,11-14,16-17H2. The van der Waals surface area contributed by atoms with Crippen molar-refractivity contribution < 1.29 is 18.4 Å². The van der Waals surface area contributed by atoms with Gasteiger partial charge in [-0.2, -0.15) is 0 Å². The Labute approximate surface area is 185 Å². The minimum Gasteiger partial charge on any atom is -0.459 e. The van der Waals surface area contributed by atoms with Crippen LogP contribution in [0.15, 0.2) is 71.3 Å². The number of furan rings is 1. The molecule has 0 aliphatic carbocycles. The van der Waals surface area contributed by atoms with Gasteiger partial charge in [0.05, 0.1) is 6.26 Å². The van der Waals surface area contributed by atoms with E-state index in [1.54, 1.807) is 29.2 Å². The van der Waals surface area contributed by atoms with Crippen molar-refractivity contribution in [1.82, 2.24) is 9.80 Å². The Hall–Kier alpha value is -3.61. The number of piperazine rings is 1.